The zero-order chi connectivity index (χ0) is 18.2. The molecule has 0 bridgehead atoms. The number of benzene rings is 2. The van der Waals surface area contributed by atoms with E-state index in [9.17, 15) is 9.90 Å². The molecular formula is C20H26N2O3. The van der Waals surface area contributed by atoms with Gasteiger partial charge in [-0.2, -0.15) is 0 Å². The maximum Gasteiger partial charge on any atom is 0.259 e. The van der Waals surface area contributed by atoms with Gasteiger partial charge >= 0.3 is 0 Å². The number of hydrogen-bond acceptors (Lipinski definition) is 4. The van der Waals surface area contributed by atoms with Gasteiger partial charge in [-0.25, -0.2) is 0 Å². The van der Waals surface area contributed by atoms with Crippen molar-refractivity contribution in [1.29, 1.82) is 0 Å². The predicted molar refractivity (Wildman–Crippen MR) is 98.6 cm³/mol. The molecule has 0 aliphatic rings. The van der Waals surface area contributed by atoms with Crippen molar-refractivity contribution in [3.8, 4) is 11.5 Å². The summed E-state index contributed by atoms with van der Waals surface area (Å²) in [5.41, 5.74) is 1.86. The molecule has 5 nitrogen and oxygen atoms in total. The molecule has 0 radical (unpaired) electrons. The van der Waals surface area contributed by atoms with Crippen molar-refractivity contribution < 1.29 is 14.6 Å². The third kappa shape index (κ3) is 5.22. The summed E-state index contributed by atoms with van der Waals surface area (Å²) < 4.78 is 5.74. The molecule has 0 unspecified atom stereocenters. The highest BCUT2D eigenvalue weighted by Crippen LogP contribution is 2.28. The number of hydrogen-bond donors (Lipinski definition) is 2. The highest BCUT2D eigenvalue weighted by Gasteiger charge is 2.16. The Hall–Kier alpha value is -2.53. The van der Waals surface area contributed by atoms with E-state index in [0.29, 0.717) is 12.3 Å². The minimum atomic E-state index is -0.0787. The van der Waals surface area contributed by atoms with E-state index in [0.717, 1.165) is 17.5 Å². The van der Waals surface area contributed by atoms with Crippen LogP contribution in [0.2, 0.25) is 0 Å². The molecule has 2 N–H and O–H groups in total. The minimum absolute atomic E-state index is 0.0138. The SMILES string of the molecule is CC[C@@H](NCc1ccccc1O)c1ccccc1OCC(=O)N(C)C. The second kappa shape index (κ2) is 9.08. The zero-order valence-electron chi connectivity index (χ0n) is 15.0. The van der Waals surface area contributed by atoms with Crippen LogP contribution < -0.4 is 10.1 Å². The van der Waals surface area contributed by atoms with Crippen LogP contribution in [0.1, 0.15) is 30.5 Å². The molecular weight excluding hydrogens is 316 g/mol. The van der Waals surface area contributed by atoms with Crippen LogP contribution in [0.15, 0.2) is 48.5 Å². The normalized spacial score (nSPS) is 11.8. The lowest BCUT2D eigenvalue weighted by Gasteiger charge is -2.21. The lowest BCUT2D eigenvalue weighted by Crippen LogP contribution is -2.28. The first-order chi connectivity index (χ1) is 12.0. The summed E-state index contributed by atoms with van der Waals surface area (Å²) in [5.74, 6) is 0.908. The molecule has 0 heterocycles. The Bertz CT molecular complexity index is 701. The van der Waals surface area contributed by atoms with Crippen LogP contribution in [0.4, 0.5) is 0 Å². The standard InChI is InChI=1S/C20H26N2O3/c1-4-17(21-13-15-9-5-7-11-18(15)23)16-10-6-8-12-19(16)25-14-20(24)22(2)3/h5-12,17,21,23H,4,13-14H2,1-3H3/t17-/m1/s1. The number of para-hydroxylation sites is 2. The molecule has 0 saturated carbocycles. The Morgan fingerprint density at radius 2 is 1.84 bits per heavy atom. The van der Waals surface area contributed by atoms with Crippen molar-refractivity contribution in [3.63, 3.8) is 0 Å². The van der Waals surface area contributed by atoms with Crippen molar-refractivity contribution in [3.05, 3.63) is 59.7 Å². The van der Waals surface area contributed by atoms with E-state index in [4.69, 9.17) is 4.74 Å². The first kappa shape index (κ1) is 18.8. The van der Waals surface area contributed by atoms with E-state index in [1.165, 1.54) is 4.90 Å². The van der Waals surface area contributed by atoms with Gasteiger partial charge in [-0.1, -0.05) is 43.3 Å². The van der Waals surface area contributed by atoms with Crippen LogP contribution >= 0.6 is 0 Å². The third-order valence-corrected chi connectivity index (χ3v) is 4.08. The highest BCUT2D eigenvalue weighted by molar-refractivity contribution is 5.77. The molecule has 0 saturated heterocycles. The second-order valence-corrected chi connectivity index (χ2v) is 6.09. The Kier molecular flexibility index (Phi) is 6.83. The summed E-state index contributed by atoms with van der Waals surface area (Å²) in [6, 6.07) is 15.1. The first-order valence-electron chi connectivity index (χ1n) is 8.45. The topological polar surface area (TPSA) is 61.8 Å². The predicted octanol–water partition coefficient (Wildman–Crippen LogP) is 3.10. The molecule has 2 aromatic carbocycles. The summed E-state index contributed by atoms with van der Waals surface area (Å²) in [6.45, 7) is 2.65. The lowest BCUT2D eigenvalue weighted by molar-refractivity contribution is -0.130. The summed E-state index contributed by atoms with van der Waals surface area (Å²) in [7, 11) is 3.42. The molecule has 0 fully saturated rings. The van der Waals surface area contributed by atoms with E-state index >= 15 is 0 Å². The quantitative estimate of drug-likeness (QED) is 0.774. The number of phenolic OH excluding ortho intramolecular Hbond substituents is 1. The van der Waals surface area contributed by atoms with Gasteiger partial charge in [0.25, 0.3) is 5.91 Å². The number of likely N-dealkylation sites (N-methyl/N-ethyl adjacent to an activating group) is 1. The van der Waals surface area contributed by atoms with Gasteiger partial charge in [-0.05, 0) is 18.6 Å². The molecule has 2 aromatic rings. The monoisotopic (exact) mass is 342 g/mol. The smallest absolute Gasteiger partial charge is 0.259 e. The van der Waals surface area contributed by atoms with Gasteiger partial charge in [-0.15, -0.1) is 0 Å². The molecule has 134 valence electrons. The number of amides is 1. The number of carbonyl (C=O) groups is 1. The number of ether oxygens (including phenoxy) is 1. The summed E-state index contributed by atoms with van der Waals surface area (Å²) in [6.07, 6.45) is 0.857. The second-order valence-electron chi connectivity index (χ2n) is 6.09. The van der Waals surface area contributed by atoms with Gasteiger partial charge < -0.3 is 20.1 Å². The first-order valence-corrected chi connectivity index (χ1v) is 8.45. The third-order valence-electron chi connectivity index (χ3n) is 4.08. The molecule has 25 heavy (non-hydrogen) atoms. The average Bonchev–Trinajstić information content (AvgIpc) is 2.62. The van der Waals surface area contributed by atoms with Crippen LogP contribution in [0, 0.1) is 0 Å². The fourth-order valence-corrected chi connectivity index (χ4v) is 2.54. The molecule has 0 spiro atoms. The molecule has 1 atom stereocenters. The van der Waals surface area contributed by atoms with Crippen molar-refractivity contribution >= 4 is 5.91 Å². The van der Waals surface area contributed by atoms with E-state index in [1.807, 2.05) is 36.4 Å². The number of carbonyl (C=O) groups excluding carboxylic acids is 1. The van der Waals surface area contributed by atoms with Crippen molar-refractivity contribution in [2.24, 2.45) is 0 Å². The molecule has 1 amide bonds. The van der Waals surface area contributed by atoms with Crippen LogP contribution in [0.5, 0.6) is 11.5 Å². The molecule has 2 rings (SSSR count). The fourth-order valence-electron chi connectivity index (χ4n) is 2.54. The zero-order valence-corrected chi connectivity index (χ0v) is 15.0. The van der Waals surface area contributed by atoms with Gasteiger partial charge in [0.15, 0.2) is 6.61 Å². The molecule has 5 heteroatoms. The van der Waals surface area contributed by atoms with Crippen LogP contribution in [-0.4, -0.2) is 36.6 Å². The number of nitrogens with zero attached hydrogens (tertiary/aromatic N) is 1. The highest BCUT2D eigenvalue weighted by atomic mass is 16.5. The molecule has 0 aliphatic heterocycles. The number of aromatic hydroxyl groups is 1. The van der Waals surface area contributed by atoms with Crippen molar-refractivity contribution in [1.82, 2.24) is 10.2 Å². The summed E-state index contributed by atoms with van der Waals surface area (Å²) in [4.78, 5) is 13.3. The van der Waals surface area contributed by atoms with Crippen molar-refractivity contribution in [2.75, 3.05) is 20.7 Å². The maximum atomic E-state index is 11.8. The Labute approximate surface area is 149 Å². The van der Waals surface area contributed by atoms with Gasteiger partial charge in [0.05, 0.1) is 0 Å². The Morgan fingerprint density at radius 1 is 1.16 bits per heavy atom. The maximum absolute atomic E-state index is 11.8. The number of nitrogens with one attached hydrogen (secondary N) is 1. The van der Waals surface area contributed by atoms with Gasteiger partial charge in [0, 0.05) is 37.8 Å². The van der Waals surface area contributed by atoms with Crippen LogP contribution in [0.25, 0.3) is 0 Å². The van der Waals surface area contributed by atoms with Gasteiger partial charge in [0.2, 0.25) is 0 Å². The number of rotatable bonds is 8. The summed E-state index contributed by atoms with van der Waals surface area (Å²) >= 11 is 0. The van der Waals surface area contributed by atoms with E-state index in [-0.39, 0.29) is 24.3 Å². The average molecular weight is 342 g/mol. The van der Waals surface area contributed by atoms with Crippen molar-refractivity contribution in [2.45, 2.75) is 25.9 Å². The van der Waals surface area contributed by atoms with E-state index in [1.54, 1.807) is 26.2 Å². The van der Waals surface area contributed by atoms with E-state index in [2.05, 4.69) is 12.2 Å². The lowest BCUT2D eigenvalue weighted by atomic mass is 10.0. The van der Waals surface area contributed by atoms with Crippen LogP contribution in [0.3, 0.4) is 0 Å². The largest absolute Gasteiger partial charge is 0.508 e. The minimum Gasteiger partial charge on any atom is -0.508 e. The fraction of sp³-hybridized carbons (Fsp3) is 0.350. The van der Waals surface area contributed by atoms with Crippen LogP contribution in [-0.2, 0) is 11.3 Å². The van der Waals surface area contributed by atoms with Gasteiger partial charge in [-0.3, -0.25) is 4.79 Å². The van der Waals surface area contributed by atoms with Gasteiger partial charge in [0.1, 0.15) is 11.5 Å². The molecule has 0 aromatic heterocycles. The molecule has 0 aliphatic carbocycles. The number of phenols is 1. The van der Waals surface area contributed by atoms with E-state index < -0.39 is 0 Å². The Balaban J connectivity index is 2.09. The summed E-state index contributed by atoms with van der Waals surface area (Å²) in [5, 5.41) is 13.4. The Morgan fingerprint density at radius 3 is 2.52 bits per heavy atom.